The van der Waals surface area contributed by atoms with E-state index >= 15 is 0 Å². The van der Waals surface area contributed by atoms with Crippen molar-refractivity contribution in [1.82, 2.24) is 10.2 Å². The molecule has 1 unspecified atom stereocenters. The number of piperazine rings is 1. The van der Waals surface area contributed by atoms with E-state index in [2.05, 4.69) is 5.32 Å². The lowest BCUT2D eigenvalue weighted by Gasteiger charge is -2.28. The summed E-state index contributed by atoms with van der Waals surface area (Å²) in [5.41, 5.74) is 5.43. The fourth-order valence-corrected chi connectivity index (χ4v) is 1.22. The largest absolute Gasteiger partial charge is 0.345 e. The number of nitrogens with zero attached hydrogens (tertiary/aromatic N) is 1. The Balaban J connectivity index is 2.46. The number of nitrogens with two attached hydrogens (primary N) is 1. The summed E-state index contributed by atoms with van der Waals surface area (Å²) in [6.07, 6.45) is 0. The molecule has 74 valence electrons. The highest BCUT2D eigenvalue weighted by Gasteiger charge is 2.23. The highest BCUT2D eigenvalue weighted by atomic mass is 16.2. The van der Waals surface area contributed by atoms with Gasteiger partial charge in [0.05, 0.1) is 13.1 Å². The summed E-state index contributed by atoms with van der Waals surface area (Å²) in [4.78, 5) is 23.8. The van der Waals surface area contributed by atoms with Gasteiger partial charge in [-0.1, -0.05) is 6.92 Å². The number of rotatable bonds is 3. The lowest BCUT2D eigenvalue weighted by Crippen LogP contribution is -2.52. The third-order valence-corrected chi connectivity index (χ3v) is 2.06. The summed E-state index contributed by atoms with van der Waals surface area (Å²) in [6.45, 7) is 3.35. The molecule has 1 rings (SSSR count). The minimum Gasteiger partial charge on any atom is -0.345 e. The van der Waals surface area contributed by atoms with Gasteiger partial charge in [0.1, 0.15) is 0 Å². The molecule has 0 aliphatic carbocycles. The quantitative estimate of drug-likeness (QED) is 0.564. The van der Waals surface area contributed by atoms with E-state index in [-0.39, 0.29) is 30.8 Å². The minimum atomic E-state index is -0.0937. The number of carbonyl (C=O) groups excluding carboxylic acids is 2. The number of hydrogen-bond acceptors (Lipinski definition) is 3. The summed E-state index contributed by atoms with van der Waals surface area (Å²) in [5.74, 6) is 0.124. The van der Waals surface area contributed by atoms with Gasteiger partial charge in [0, 0.05) is 6.54 Å². The fraction of sp³-hybridized carbons (Fsp3) is 0.750. The van der Waals surface area contributed by atoms with Gasteiger partial charge in [0.15, 0.2) is 0 Å². The summed E-state index contributed by atoms with van der Waals surface area (Å²) in [6, 6.07) is 0. The van der Waals surface area contributed by atoms with Gasteiger partial charge in [-0.25, -0.2) is 0 Å². The summed E-state index contributed by atoms with van der Waals surface area (Å²) in [5, 5.41) is 2.49. The topological polar surface area (TPSA) is 75.4 Å². The summed E-state index contributed by atoms with van der Waals surface area (Å²) in [7, 11) is 0. The van der Waals surface area contributed by atoms with Crippen molar-refractivity contribution in [2.45, 2.75) is 6.92 Å². The molecule has 2 amide bonds. The van der Waals surface area contributed by atoms with Crippen molar-refractivity contribution < 1.29 is 9.59 Å². The van der Waals surface area contributed by atoms with Crippen molar-refractivity contribution in [2.75, 3.05) is 26.2 Å². The molecule has 0 aromatic rings. The predicted octanol–water partition coefficient (Wildman–Crippen LogP) is -1.46. The van der Waals surface area contributed by atoms with Crippen LogP contribution in [0.25, 0.3) is 0 Å². The molecular weight excluding hydrogens is 170 g/mol. The molecule has 1 heterocycles. The zero-order chi connectivity index (χ0) is 9.84. The van der Waals surface area contributed by atoms with Crippen LogP contribution in [0.4, 0.5) is 0 Å². The molecule has 0 aromatic carbocycles. The zero-order valence-corrected chi connectivity index (χ0v) is 7.75. The van der Waals surface area contributed by atoms with Crippen LogP contribution in [0.3, 0.4) is 0 Å². The molecule has 0 saturated carbocycles. The van der Waals surface area contributed by atoms with Crippen molar-refractivity contribution in [3.8, 4) is 0 Å². The second-order valence-corrected chi connectivity index (χ2v) is 3.39. The predicted molar refractivity (Wildman–Crippen MR) is 47.8 cm³/mol. The lowest BCUT2D eigenvalue weighted by molar-refractivity contribution is -0.141. The minimum absolute atomic E-state index is 0.0279. The SMILES string of the molecule is CC(CN)CN1CC(=O)NCC1=O. The van der Waals surface area contributed by atoms with E-state index in [1.165, 1.54) is 0 Å². The first kappa shape index (κ1) is 9.98. The molecule has 1 fully saturated rings. The highest BCUT2D eigenvalue weighted by molar-refractivity contribution is 5.92. The van der Waals surface area contributed by atoms with Crippen molar-refractivity contribution >= 4 is 11.8 Å². The summed E-state index contributed by atoms with van der Waals surface area (Å²) >= 11 is 0. The smallest absolute Gasteiger partial charge is 0.242 e. The third kappa shape index (κ3) is 2.69. The monoisotopic (exact) mass is 185 g/mol. The van der Waals surface area contributed by atoms with E-state index < -0.39 is 0 Å². The van der Waals surface area contributed by atoms with E-state index in [9.17, 15) is 9.59 Å². The van der Waals surface area contributed by atoms with Gasteiger partial charge in [-0.3, -0.25) is 9.59 Å². The van der Waals surface area contributed by atoms with Crippen molar-refractivity contribution in [3.63, 3.8) is 0 Å². The average Bonchev–Trinajstić information content (AvgIpc) is 2.11. The Morgan fingerprint density at radius 3 is 2.92 bits per heavy atom. The van der Waals surface area contributed by atoms with Crippen LogP contribution < -0.4 is 11.1 Å². The second-order valence-electron chi connectivity index (χ2n) is 3.39. The van der Waals surface area contributed by atoms with E-state index in [4.69, 9.17) is 5.73 Å². The van der Waals surface area contributed by atoms with E-state index in [1.807, 2.05) is 6.92 Å². The molecule has 1 aliphatic heterocycles. The number of carbonyl (C=O) groups is 2. The van der Waals surface area contributed by atoms with Gasteiger partial charge in [-0.15, -0.1) is 0 Å². The number of amides is 2. The Hall–Kier alpha value is -1.10. The van der Waals surface area contributed by atoms with Gasteiger partial charge >= 0.3 is 0 Å². The Morgan fingerprint density at radius 2 is 2.31 bits per heavy atom. The first-order chi connectivity index (χ1) is 6.13. The van der Waals surface area contributed by atoms with Crippen LogP contribution in [-0.2, 0) is 9.59 Å². The van der Waals surface area contributed by atoms with Gasteiger partial charge in [-0.2, -0.15) is 0 Å². The molecule has 5 heteroatoms. The van der Waals surface area contributed by atoms with Crippen LogP contribution >= 0.6 is 0 Å². The second kappa shape index (κ2) is 4.23. The molecule has 1 saturated heterocycles. The van der Waals surface area contributed by atoms with Gasteiger partial charge in [0.2, 0.25) is 11.8 Å². The van der Waals surface area contributed by atoms with Crippen LogP contribution in [-0.4, -0.2) is 42.9 Å². The standard InChI is InChI=1S/C8H15N3O2/c1-6(2-9)4-11-5-7(12)10-3-8(11)13/h6H,2-5,9H2,1H3,(H,10,12). The average molecular weight is 185 g/mol. The normalized spacial score (nSPS) is 20.0. The lowest BCUT2D eigenvalue weighted by atomic mass is 10.1. The maximum atomic E-state index is 11.3. The highest BCUT2D eigenvalue weighted by Crippen LogP contribution is 2.01. The van der Waals surface area contributed by atoms with E-state index in [0.29, 0.717) is 13.1 Å². The molecule has 3 N–H and O–H groups in total. The molecule has 0 aromatic heterocycles. The van der Waals surface area contributed by atoms with Crippen molar-refractivity contribution in [2.24, 2.45) is 11.7 Å². The zero-order valence-electron chi connectivity index (χ0n) is 7.75. The molecule has 5 nitrogen and oxygen atoms in total. The molecule has 13 heavy (non-hydrogen) atoms. The molecule has 0 spiro atoms. The Bertz CT molecular complexity index is 217. The molecule has 1 aliphatic rings. The number of hydrogen-bond donors (Lipinski definition) is 2. The summed E-state index contributed by atoms with van der Waals surface area (Å²) < 4.78 is 0. The van der Waals surface area contributed by atoms with Crippen LogP contribution in [0.1, 0.15) is 6.92 Å². The van der Waals surface area contributed by atoms with Crippen molar-refractivity contribution in [1.29, 1.82) is 0 Å². The van der Waals surface area contributed by atoms with Gasteiger partial charge in [0.25, 0.3) is 0 Å². The van der Waals surface area contributed by atoms with E-state index in [1.54, 1.807) is 4.90 Å². The molecule has 0 radical (unpaired) electrons. The van der Waals surface area contributed by atoms with E-state index in [0.717, 1.165) is 0 Å². The fourth-order valence-electron chi connectivity index (χ4n) is 1.22. The number of nitrogens with one attached hydrogen (secondary N) is 1. The van der Waals surface area contributed by atoms with Gasteiger partial charge < -0.3 is 16.0 Å². The van der Waals surface area contributed by atoms with Crippen LogP contribution in [0.15, 0.2) is 0 Å². The van der Waals surface area contributed by atoms with Crippen LogP contribution in [0, 0.1) is 5.92 Å². The van der Waals surface area contributed by atoms with Crippen molar-refractivity contribution in [3.05, 3.63) is 0 Å². The maximum Gasteiger partial charge on any atom is 0.242 e. The molecule has 0 bridgehead atoms. The maximum absolute atomic E-state index is 11.3. The van der Waals surface area contributed by atoms with Gasteiger partial charge in [-0.05, 0) is 12.5 Å². The first-order valence-electron chi connectivity index (χ1n) is 4.38. The molecular formula is C8H15N3O2. The Labute approximate surface area is 77.3 Å². The Kier molecular flexibility index (Phi) is 3.25. The van der Waals surface area contributed by atoms with Crippen LogP contribution in [0.2, 0.25) is 0 Å². The van der Waals surface area contributed by atoms with Crippen LogP contribution in [0.5, 0.6) is 0 Å². The Morgan fingerprint density at radius 1 is 1.62 bits per heavy atom. The molecule has 1 atom stereocenters. The first-order valence-corrected chi connectivity index (χ1v) is 4.38. The third-order valence-electron chi connectivity index (χ3n) is 2.06.